The van der Waals surface area contributed by atoms with Crippen LogP contribution in [-0.2, 0) is 6.42 Å². The molecule has 4 N–H and O–H groups in total. The van der Waals surface area contributed by atoms with Crippen molar-refractivity contribution in [3.8, 4) is 11.3 Å². The van der Waals surface area contributed by atoms with Crippen LogP contribution in [0.25, 0.3) is 33.1 Å². The highest BCUT2D eigenvalue weighted by Crippen LogP contribution is 2.35. The van der Waals surface area contributed by atoms with Gasteiger partial charge in [0.2, 0.25) is 0 Å². The number of nitrogens with two attached hydrogens (primary N) is 1. The van der Waals surface area contributed by atoms with Crippen molar-refractivity contribution >= 4 is 27.8 Å². The summed E-state index contributed by atoms with van der Waals surface area (Å²) in [4.78, 5) is 19.5. The minimum absolute atomic E-state index is 0.296. The summed E-state index contributed by atoms with van der Waals surface area (Å²) in [5.74, 6) is -0.917. The first-order valence-electron chi connectivity index (χ1n) is 9.11. The SMILES string of the molecule is NCCCCc1c(-c2cccc3cccnc23)[nH]c2ccc(C(=O)O)cc12. The van der Waals surface area contributed by atoms with E-state index in [0.29, 0.717) is 12.1 Å². The predicted octanol–water partition coefficient (Wildman–Crippen LogP) is 4.36. The van der Waals surface area contributed by atoms with Gasteiger partial charge in [-0.1, -0.05) is 24.3 Å². The number of nitrogens with one attached hydrogen (secondary N) is 1. The quantitative estimate of drug-likeness (QED) is 0.446. The fourth-order valence-corrected chi connectivity index (χ4v) is 3.62. The number of carboxylic acid groups (broad SMARTS) is 1. The minimum Gasteiger partial charge on any atom is -0.478 e. The molecule has 0 atom stereocenters. The molecule has 0 aliphatic rings. The summed E-state index contributed by atoms with van der Waals surface area (Å²) in [6.45, 7) is 0.647. The summed E-state index contributed by atoms with van der Waals surface area (Å²) in [7, 11) is 0. The van der Waals surface area contributed by atoms with Gasteiger partial charge in [0.15, 0.2) is 0 Å². The lowest BCUT2D eigenvalue weighted by atomic mass is 9.98. The molecule has 4 rings (SSSR count). The number of unbranched alkanes of at least 4 members (excludes halogenated alkanes) is 1. The maximum Gasteiger partial charge on any atom is 0.335 e. The maximum atomic E-state index is 11.4. The van der Waals surface area contributed by atoms with E-state index in [0.717, 1.165) is 57.9 Å². The second-order valence-corrected chi connectivity index (χ2v) is 6.67. The Hall–Kier alpha value is -3.18. The van der Waals surface area contributed by atoms with Crippen molar-refractivity contribution in [2.75, 3.05) is 6.54 Å². The molecule has 27 heavy (non-hydrogen) atoms. The zero-order valence-electron chi connectivity index (χ0n) is 14.9. The Morgan fingerprint density at radius 1 is 1.11 bits per heavy atom. The van der Waals surface area contributed by atoms with Gasteiger partial charge in [-0.2, -0.15) is 0 Å². The van der Waals surface area contributed by atoms with Crippen LogP contribution in [0.5, 0.6) is 0 Å². The number of carboxylic acids is 1. The number of para-hydroxylation sites is 1. The summed E-state index contributed by atoms with van der Waals surface area (Å²) in [5, 5.41) is 11.4. The number of fused-ring (bicyclic) bond motifs is 2. The zero-order valence-corrected chi connectivity index (χ0v) is 14.9. The first kappa shape index (κ1) is 17.2. The van der Waals surface area contributed by atoms with Gasteiger partial charge in [-0.25, -0.2) is 4.79 Å². The van der Waals surface area contributed by atoms with Crippen LogP contribution in [-0.4, -0.2) is 27.6 Å². The Balaban J connectivity index is 1.95. The van der Waals surface area contributed by atoms with Crippen LogP contribution in [0, 0.1) is 0 Å². The van der Waals surface area contributed by atoms with Gasteiger partial charge < -0.3 is 15.8 Å². The Bertz CT molecular complexity index is 1130. The second kappa shape index (κ2) is 7.21. The largest absolute Gasteiger partial charge is 0.478 e. The summed E-state index contributed by atoms with van der Waals surface area (Å²) >= 11 is 0. The Morgan fingerprint density at radius 2 is 1.96 bits per heavy atom. The molecule has 4 aromatic rings. The first-order valence-corrected chi connectivity index (χ1v) is 9.11. The maximum absolute atomic E-state index is 11.4. The van der Waals surface area contributed by atoms with Gasteiger partial charge in [0, 0.05) is 28.0 Å². The van der Waals surface area contributed by atoms with E-state index in [1.54, 1.807) is 18.3 Å². The molecule has 0 fully saturated rings. The number of aromatic nitrogens is 2. The van der Waals surface area contributed by atoms with E-state index >= 15 is 0 Å². The Kier molecular flexibility index (Phi) is 4.60. The number of H-pyrrole nitrogens is 1. The predicted molar refractivity (Wildman–Crippen MR) is 108 cm³/mol. The van der Waals surface area contributed by atoms with Crippen molar-refractivity contribution in [2.24, 2.45) is 5.73 Å². The molecule has 0 saturated heterocycles. The molecular formula is C22H21N3O2. The number of aromatic amines is 1. The lowest BCUT2D eigenvalue weighted by Crippen LogP contribution is -2.00. The van der Waals surface area contributed by atoms with E-state index in [9.17, 15) is 9.90 Å². The average Bonchev–Trinajstić information content (AvgIpc) is 3.05. The van der Waals surface area contributed by atoms with Crippen molar-refractivity contribution in [3.05, 3.63) is 65.9 Å². The molecule has 0 amide bonds. The molecule has 5 nitrogen and oxygen atoms in total. The fourth-order valence-electron chi connectivity index (χ4n) is 3.62. The van der Waals surface area contributed by atoms with Crippen molar-refractivity contribution in [2.45, 2.75) is 19.3 Å². The van der Waals surface area contributed by atoms with Crippen molar-refractivity contribution < 1.29 is 9.90 Å². The monoisotopic (exact) mass is 359 g/mol. The standard InChI is InChI=1S/C22H21N3O2/c23-11-2-1-7-16-18-13-15(22(26)27)9-10-19(18)25-21(16)17-8-3-5-14-6-4-12-24-20(14)17/h3-6,8-10,12-13,25H,1-2,7,11,23H2,(H,26,27). The molecule has 2 heterocycles. The van der Waals surface area contributed by atoms with Crippen LogP contribution in [0.1, 0.15) is 28.8 Å². The van der Waals surface area contributed by atoms with E-state index in [-0.39, 0.29) is 0 Å². The fraction of sp³-hybridized carbons (Fsp3) is 0.182. The lowest BCUT2D eigenvalue weighted by molar-refractivity contribution is 0.0697. The van der Waals surface area contributed by atoms with Crippen LogP contribution in [0.15, 0.2) is 54.7 Å². The number of aromatic carboxylic acids is 1. The zero-order chi connectivity index (χ0) is 18.8. The highest BCUT2D eigenvalue weighted by Gasteiger charge is 2.17. The molecule has 0 aliphatic heterocycles. The van der Waals surface area contributed by atoms with Gasteiger partial charge in [0.1, 0.15) is 0 Å². The summed E-state index contributed by atoms with van der Waals surface area (Å²) in [6.07, 6.45) is 4.51. The topological polar surface area (TPSA) is 92.0 Å². The van der Waals surface area contributed by atoms with Gasteiger partial charge in [-0.15, -0.1) is 0 Å². The summed E-state index contributed by atoms with van der Waals surface area (Å²) in [6, 6.07) is 15.3. The smallest absolute Gasteiger partial charge is 0.335 e. The number of pyridine rings is 1. The van der Waals surface area contributed by atoms with E-state index in [2.05, 4.69) is 16.0 Å². The van der Waals surface area contributed by atoms with E-state index < -0.39 is 5.97 Å². The summed E-state index contributed by atoms with van der Waals surface area (Å²) < 4.78 is 0. The van der Waals surface area contributed by atoms with Crippen LogP contribution in [0.2, 0.25) is 0 Å². The van der Waals surface area contributed by atoms with E-state index in [1.165, 1.54) is 0 Å². The first-order chi connectivity index (χ1) is 13.2. The number of rotatable bonds is 6. The van der Waals surface area contributed by atoms with Gasteiger partial charge >= 0.3 is 5.97 Å². The highest BCUT2D eigenvalue weighted by atomic mass is 16.4. The lowest BCUT2D eigenvalue weighted by Gasteiger charge is -2.08. The Labute approximate surface area is 156 Å². The Morgan fingerprint density at radius 3 is 2.78 bits per heavy atom. The number of hydrogen-bond donors (Lipinski definition) is 3. The number of carbonyl (C=O) groups is 1. The molecule has 2 aromatic heterocycles. The number of hydrogen-bond acceptors (Lipinski definition) is 3. The minimum atomic E-state index is -0.917. The van der Waals surface area contributed by atoms with Crippen molar-refractivity contribution in [1.82, 2.24) is 9.97 Å². The molecule has 0 bridgehead atoms. The molecule has 136 valence electrons. The van der Waals surface area contributed by atoms with Gasteiger partial charge in [0.25, 0.3) is 0 Å². The van der Waals surface area contributed by atoms with Crippen LogP contribution >= 0.6 is 0 Å². The molecule has 5 heteroatoms. The second-order valence-electron chi connectivity index (χ2n) is 6.67. The third-order valence-electron chi connectivity index (χ3n) is 4.94. The van der Waals surface area contributed by atoms with E-state index in [4.69, 9.17) is 5.73 Å². The normalized spacial score (nSPS) is 11.3. The molecule has 2 aromatic carbocycles. The number of benzene rings is 2. The molecule has 0 radical (unpaired) electrons. The van der Waals surface area contributed by atoms with Gasteiger partial charge in [-0.3, -0.25) is 4.98 Å². The molecule has 0 unspecified atom stereocenters. The van der Waals surface area contributed by atoms with Crippen LogP contribution in [0.3, 0.4) is 0 Å². The van der Waals surface area contributed by atoms with E-state index in [1.807, 2.05) is 30.3 Å². The summed E-state index contributed by atoms with van der Waals surface area (Å²) in [5.41, 5.74) is 11.0. The van der Waals surface area contributed by atoms with Crippen molar-refractivity contribution in [3.63, 3.8) is 0 Å². The third kappa shape index (κ3) is 3.17. The molecule has 0 saturated carbocycles. The number of nitrogens with zero attached hydrogens (tertiary/aromatic N) is 1. The van der Waals surface area contributed by atoms with Crippen LogP contribution in [0.4, 0.5) is 0 Å². The van der Waals surface area contributed by atoms with Gasteiger partial charge in [0.05, 0.1) is 16.8 Å². The molecule has 0 spiro atoms. The number of aryl methyl sites for hydroxylation is 1. The highest BCUT2D eigenvalue weighted by molar-refractivity contribution is 6.01. The molecular weight excluding hydrogens is 338 g/mol. The third-order valence-corrected chi connectivity index (χ3v) is 4.94. The molecule has 0 aliphatic carbocycles. The average molecular weight is 359 g/mol. The van der Waals surface area contributed by atoms with Crippen molar-refractivity contribution in [1.29, 1.82) is 0 Å². The van der Waals surface area contributed by atoms with Crippen LogP contribution < -0.4 is 5.73 Å². The van der Waals surface area contributed by atoms with Gasteiger partial charge in [-0.05, 0) is 55.6 Å².